The SMILES string of the molecule is Cc1ccc(-c2ccc(SCc3ccccn3)nn2)c(C)c1. The van der Waals surface area contributed by atoms with Gasteiger partial charge in [-0.2, -0.15) is 0 Å². The molecule has 2 aromatic heterocycles. The van der Waals surface area contributed by atoms with Crippen molar-refractivity contribution in [2.75, 3.05) is 0 Å². The Balaban J connectivity index is 1.72. The summed E-state index contributed by atoms with van der Waals surface area (Å²) in [5.74, 6) is 0.804. The number of aryl methyl sites for hydroxylation is 2. The minimum atomic E-state index is 0.804. The zero-order valence-corrected chi connectivity index (χ0v) is 13.5. The van der Waals surface area contributed by atoms with Crippen LogP contribution < -0.4 is 0 Å². The highest BCUT2D eigenvalue weighted by molar-refractivity contribution is 7.98. The van der Waals surface area contributed by atoms with Gasteiger partial charge in [0, 0.05) is 17.5 Å². The van der Waals surface area contributed by atoms with Gasteiger partial charge < -0.3 is 0 Å². The summed E-state index contributed by atoms with van der Waals surface area (Å²) in [4.78, 5) is 4.31. The second-order valence-corrected chi connectivity index (χ2v) is 6.18. The van der Waals surface area contributed by atoms with Crippen molar-refractivity contribution in [2.45, 2.75) is 24.6 Å². The maximum atomic E-state index is 4.36. The van der Waals surface area contributed by atoms with E-state index in [9.17, 15) is 0 Å². The molecule has 0 atom stereocenters. The third-order valence-electron chi connectivity index (χ3n) is 3.39. The van der Waals surface area contributed by atoms with Crippen LogP contribution in [-0.2, 0) is 5.75 Å². The van der Waals surface area contributed by atoms with E-state index >= 15 is 0 Å². The molecule has 110 valence electrons. The topological polar surface area (TPSA) is 38.7 Å². The molecule has 0 amide bonds. The second-order valence-electron chi connectivity index (χ2n) is 5.18. The Morgan fingerprint density at radius 1 is 0.955 bits per heavy atom. The van der Waals surface area contributed by atoms with Crippen molar-refractivity contribution >= 4 is 11.8 Å². The smallest absolute Gasteiger partial charge is 0.119 e. The van der Waals surface area contributed by atoms with E-state index < -0.39 is 0 Å². The lowest BCUT2D eigenvalue weighted by atomic mass is 10.0. The molecular weight excluding hydrogens is 290 g/mol. The number of aromatic nitrogens is 3. The Morgan fingerprint density at radius 3 is 2.55 bits per heavy atom. The fourth-order valence-corrected chi connectivity index (χ4v) is 3.00. The van der Waals surface area contributed by atoms with Gasteiger partial charge in [0.1, 0.15) is 5.03 Å². The molecule has 2 heterocycles. The Bertz CT molecular complexity index is 755. The number of hydrogen-bond donors (Lipinski definition) is 0. The lowest BCUT2D eigenvalue weighted by Crippen LogP contribution is -1.93. The highest BCUT2D eigenvalue weighted by atomic mass is 32.2. The molecule has 0 saturated carbocycles. The van der Waals surface area contributed by atoms with Crippen LogP contribution in [0.25, 0.3) is 11.3 Å². The molecule has 0 aliphatic carbocycles. The summed E-state index contributed by atoms with van der Waals surface area (Å²) in [6, 6.07) is 16.4. The Labute approximate surface area is 134 Å². The van der Waals surface area contributed by atoms with Crippen molar-refractivity contribution in [3.05, 3.63) is 71.5 Å². The van der Waals surface area contributed by atoms with E-state index in [4.69, 9.17) is 0 Å². The van der Waals surface area contributed by atoms with Gasteiger partial charge in [-0.3, -0.25) is 4.98 Å². The quantitative estimate of drug-likeness (QED) is 0.668. The number of benzene rings is 1. The normalized spacial score (nSPS) is 10.6. The lowest BCUT2D eigenvalue weighted by Gasteiger charge is -2.06. The maximum Gasteiger partial charge on any atom is 0.119 e. The Hall–Kier alpha value is -2.20. The predicted octanol–water partition coefficient (Wildman–Crippen LogP) is 4.45. The maximum absolute atomic E-state index is 4.36. The largest absolute Gasteiger partial charge is 0.260 e. The third-order valence-corrected chi connectivity index (χ3v) is 4.35. The fraction of sp³-hybridized carbons (Fsp3) is 0.167. The van der Waals surface area contributed by atoms with Crippen molar-refractivity contribution in [3.63, 3.8) is 0 Å². The van der Waals surface area contributed by atoms with Gasteiger partial charge in [-0.1, -0.05) is 41.6 Å². The predicted molar refractivity (Wildman–Crippen MR) is 90.7 cm³/mol. The van der Waals surface area contributed by atoms with Crippen molar-refractivity contribution in [2.24, 2.45) is 0 Å². The molecule has 22 heavy (non-hydrogen) atoms. The minimum Gasteiger partial charge on any atom is -0.260 e. The molecule has 0 N–H and O–H groups in total. The van der Waals surface area contributed by atoms with Gasteiger partial charge in [-0.05, 0) is 43.7 Å². The zero-order valence-electron chi connectivity index (χ0n) is 12.7. The number of pyridine rings is 1. The van der Waals surface area contributed by atoms with Crippen LogP contribution in [-0.4, -0.2) is 15.2 Å². The summed E-state index contributed by atoms with van der Waals surface area (Å²) < 4.78 is 0. The molecule has 3 aromatic rings. The van der Waals surface area contributed by atoms with Crippen LogP contribution in [0.2, 0.25) is 0 Å². The highest BCUT2D eigenvalue weighted by Gasteiger charge is 2.05. The van der Waals surface area contributed by atoms with Crippen LogP contribution in [0.15, 0.2) is 59.8 Å². The van der Waals surface area contributed by atoms with Gasteiger partial charge >= 0.3 is 0 Å². The van der Waals surface area contributed by atoms with Crippen molar-refractivity contribution in [1.29, 1.82) is 0 Å². The molecule has 3 rings (SSSR count). The van der Waals surface area contributed by atoms with Gasteiger partial charge in [0.15, 0.2) is 0 Å². The molecule has 4 heteroatoms. The average molecular weight is 307 g/mol. The van der Waals surface area contributed by atoms with Gasteiger partial charge in [0.2, 0.25) is 0 Å². The van der Waals surface area contributed by atoms with Gasteiger partial charge in [-0.25, -0.2) is 0 Å². The molecule has 0 radical (unpaired) electrons. The van der Waals surface area contributed by atoms with E-state index in [1.54, 1.807) is 11.8 Å². The van der Waals surface area contributed by atoms with Crippen LogP contribution >= 0.6 is 11.8 Å². The van der Waals surface area contributed by atoms with Crippen LogP contribution in [0, 0.1) is 13.8 Å². The first kappa shape index (κ1) is 14.7. The molecule has 3 nitrogen and oxygen atoms in total. The highest BCUT2D eigenvalue weighted by Crippen LogP contribution is 2.24. The summed E-state index contributed by atoms with van der Waals surface area (Å²) in [5, 5.41) is 9.60. The second kappa shape index (κ2) is 6.71. The monoisotopic (exact) mass is 307 g/mol. The molecule has 0 spiro atoms. The summed E-state index contributed by atoms with van der Waals surface area (Å²) in [7, 11) is 0. The number of rotatable bonds is 4. The van der Waals surface area contributed by atoms with Crippen molar-refractivity contribution in [3.8, 4) is 11.3 Å². The third kappa shape index (κ3) is 3.52. The molecule has 0 aliphatic heterocycles. The first-order valence-electron chi connectivity index (χ1n) is 7.16. The fourth-order valence-electron chi connectivity index (χ4n) is 2.27. The standard InChI is InChI=1S/C18H17N3S/c1-13-6-7-16(14(2)11-13)17-8-9-18(21-20-17)22-12-15-5-3-4-10-19-15/h3-11H,12H2,1-2H3. The molecule has 0 aliphatic rings. The summed E-state index contributed by atoms with van der Waals surface area (Å²) in [6.45, 7) is 4.20. The van der Waals surface area contributed by atoms with E-state index in [1.165, 1.54) is 11.1 Å². The van der Waals surface area contributed by atoms with Crippen molar-refractivity contribution in [1.82, 2.24) is 15.2 Å². The van der Waals surface area contributed by atoms with Gasteiger partial charge in [0.25, 0.3) is 0 Å². The molecule has 0 fully saturated rings. The zero-order chi connectivity index (χ0) is 15.4. The Morgan fingerprint density at radius 2 is 1.86 bits per heavy atom. The van der Waals surface area contributed by atoms with Gasteiger partial charge in [0.05, 0.1) is 11.4 Å². The molecular formula is C18H17N3S. The number of nitrogens with zero attached hydrogens (tertiary/aromatic N) is 3. The van der Waals surface area contributed by atoms with Gasteiger partial charge in [-0.15, -0.1) is 10.2 Å². The molecule has 0 bridgehead atoms. The summed E-state index contributed by atoms with van der Waals surface area (Å²) >= 11 is 1.65. The Kier molecular flexibility index (Phi) is 4.49. The van der Waals surface area contributed by atoms with E-state index in [1.807, 2.05) is 36.5 Å². The van der Waals surface area contributed by atoms with E-state index in [-0.39, 0.29) is 0 Å². The molecule has 0 unspecified atom stereocenters. The number of hydrogen-bond acceptors (Lipinski definition) is 4. The first-order valence-corrected chi connectivity index (χ1v) is 8.15. The van der Waals surface area contributed by atoms with Crippen LogP contribution in [0.3, 0.4) is 0 Å². The van der Waals surface area contributed by atoms with E-state index in [0.717, 1.165) is 27.7 Å². The van der Waals surface area contributed by atoms with E-state index in [2.05, 4.69) is 47.2 Å². The minimum absolute atomic E-state index is 0.804. The van der Waals surface area contributed by atoms with Crippen LogP contribution in [0.5, 0.6) is 0 Å². The van der Waals surface area contributed by atoms with Crippen LogP contribution in [0.4, 0.5) is 0 Å². The molecule has 1 aromatic carbocycles. The van der Waals surface area contributed by atoms with Crippen molar-refractivity contribution < 1.29 is 0 Å². The summed E-state index contributed by atoms with van der Waals surface area (Å²) in [6.07, 6.45) is 1.81. The van der Waals surface area contributed by atoms with Crippen LogP contribution in [0.1, 0.15) is 16.8 Å². The average Bonchev–Trinajstić information content (AvgIpc) is 2.55. The summed E-state index contributed by atoms with van der Waals surface area (Å²) in [5.41, 5.74) is 5.59. The number of thioether (sulfide) groups is 1. The first-order chi connectivity index (χ1) is 10.7. The molecule has 0 saturated heterocycles. The lowest BCUT2D eigenvalue weighted by molar-refractivity contribution is 0.933. The van der Waals surface area contributed by atoms with E-state index in [0.29, 0.717) is 0 Å².